The summed E-state index contributed by atoms with van der Waals surface area (Å²) < 4.78 is 26.6. The first kappa shape index (κ1) is 83.5. The van der Waals surface area contributed by atoms with Crippen LogP contribution in [0.4, 0.5) is 65.5 Å². The maximum Gasteiger partial charge on any atom is 0.425 e. The van der Waals surface area contributed by atoms with Crippen molar-refractivity contribution >= 4 is 117 Å². The minimum absolute atomic E-state index is 0. The minimum Gasteiger partial charge on any atom is -0.443 e. The van der Waals surface area contributed by atoms with Gasteiger partial charge < -0.3 is 71.7 Å². The highest BCUT2D eigenvalue weighted by atomic mass is 79.9. The normalized spacial score (nSPS) is 16.9. The molecule has 9 N–H and O–H groups in total. The molecule has 35 nitrogen and oxygen atoms in total. The van der Waals surface area contributed by atoms with Crippen LogP contribution < -0.4 is 64.5 Å². The number of piperidine rings is 3. The van der Waals surface area contributed by atoms with Gasteiger partial charge in [-0.3, -0.25) is 42.5 Å². The predicted octanol–water partition coefficient (Wildman–Crippen LogP) is 8.08. The van der Waals surface area contributed by atoms with Crippen LogP contribution in [0.25, 0.3) is 0 Å². The van der Waals surface area contributed by atoms with Crippen molar-refractivity contribution in [3.05, 3.63) is 125 Å². The number of nitrogens with one attached hydrogen (secondary N) is 5. The molecule has 12 heterocycles. The summed E-state index contributed by atoms with van der Waals surface area (Å²) in [6.45, 7) is 30.4. The molecule has 584 valence electrons. The summed E-state index contributed by atoms with van der Waals surface area (Å²) in [4.78, 5) is 159. The second-order valence-corrected chi connectivity index (χ2v) is 32.1. The average molecular weight is 1580 g/mol. The van der Waals surface area contributed by atoms with Gasteiger partial charge in [0, 0.05) is 96.0 Å². The predicted molar refractivity (Wildman–Crippen MR) is 409 cm³/mol. The standard InChI is InChI=1S/C27H37N7O6.C17H21N7O2.C14H22N4O4.C13H16BrN3O2.ClH/c1-16-13-17(22(36)34-20(16)21(35)31-27(34)9-11-32(8)12-10-27)30-18-14-19(29-15-28-18)33(23(37)39-25(2,3)4)24(38)40-26(5,6)7;1-10-7-11(21-13-8-12(18)19-9-20-13)16(26)24-14(10)15(25)22-17(24)3-5-23(2)6-4-17;1-13(2,3)21-11(19)18(12(20)22-14(4,5)6)10-7-9(15)16-8-17-10;1-8-7-9(14)12(19)17-10(8)11(18)15-13(17)3-5-16(2)6-4-13;/h13-15H,9-12H2,1-8H3,(H,31,35)(H,28,29,30);7-9H,3-6H2,1-2H3,(H,22,25)(H3,18,19,20,21);7-8H,1-6H3,(H2,15,16,17);7H,3-6H2,1-2H3,(H,15,18);1H. The lowest BCUT2D eigenvalue weighted by Crippen LogP contribution is -2.53. The Bertz CT molecular complexity index is 4590. The van der Waals surface area contributed by atoms with Gasteiger partial charge in [-0.05, 0) is 176 Å². The summed E-state index contributed by atoms with van der Waals surface area (Å²) in [5.41, 5.74) is 9.16. The molecule has 108 heavy (non-hydrogen) atoms. The number of pyridine rings is 3. The summed E-state index contributed by atoms with van der Waals surface area (Å²) in [5, 5.41) is 15.2. The zero-order valence-electron chi connectivity index (χ0n) is 64.1. The van der Waals surface area contributed by atoms with Gasteiger partial charge >= 0.3 is 24.4 Å². The molecule has 0 unspecified atom stereocenters. The fourth-order valence-corrected chi connectivity index (χ4v) is 13.4. The highest BCUT2D eigenvalue weighted by Crippen LogP contribution is 2.38. The van der Waals surface area contributed by atoms with Crippen LogP contribution in [0, 0.1) is 20.8 Å². The Morgan fingerprint density at radius 2 is 0.713 bits per heavy atom. The van der Waals surface area contributed by atoms with Crippen molar-refractivity contribution in [2.24, 2.45) is 0 Å². The zero-order valence-corrected chi connectivity index (χ0v) is 66.5. The van der Waals surface area contributed by atoms with E-state index >= 15 is 0 Å². The van der Waals surface area contributed by atoms with Crippen molar-refractivity contribution in [2.75, 3.05) is 92.3 Å². The smallest absolute Gasteiger partial charge is 0.425 e. The molecular formula is C71H97BrClN21O14. The first-order chi connectivity index (χ1) is 49.7. The molecular weight excluding hydrogens is 1490 g/mol. The van der Waals surface area contributed by atoms with E-state index in [1.165, 1.54) is 18.5 Å². The van der Waals surface area contributed by atoms with Gasteiger partial charge in [0.25, 0.3) is 34.4 Å². The number of aryl methyl sites for hydroxylation is 3. The fourth-order valence-electron chi connectivity index (χ4n) is 12.9. The molecule has 12 rings (SSSR count). The van der Waals surface area contributed by atoms with Crippen molar-refractivity contribution in [3.63, 3.8) is 0 Å². The number of halogens is 2. The number of fused-ring (bicyclic) bond motifs is 6. The number of nitrogens with two attached hydrogens (primary N) is 2. The number of carbonyl (C=O) groups excluding carboxylic acids is 7. The topological polar surface area (TPSA) is 428 Å². The molecule has 0 aromatic carbocycles. The molecule has 3 saturated heterocycles. The Morgan fingerprint density at radius 3 is 1.03 bits per heavy atom. The monoisotopic (exact) mass is 1580 g/mol. The SMILES string of the molecule is CC(C)(C)OC(=O)N(C(=O)OC(C)(C)C)c1cc(N)ncn1.Cc1cc(Br)c(=O)n2c1C(=O)NC21CCN(C)CC1.Cc1cc(Nc2cc(N(C(=O)OC(C)(C)C)C(=O)OC(C)(C)C)ncn2)c(=O)n2c1C(=O)NC21CCN(C)CC1.Cc1cc(Nc2cc(N)ncn2)c(=O)n2c1C(=O)NC21CCN(C)CC1.Cl. The molecule has 6 aliphatic rings. The zero-order chi connectivity index (χ0) is 79.0. The molecule has 37 heteroatoms. The van der Waals surface area contributed by atoms with Crippen molar-refractivity contribution in [1.29, 1.82) is 0 Å². The summed E-state index contributed by atoms with van der Waals surface area (Å²) in [6.07, 6.45) is 3.94. The van der Waals surface area contributed by atoms with Gasteiger partial charge in [0.05, 0.1) is 4.47 Å². The van der Waals surface area contributed by atoms with Crippen molar-refractivity contribution in [2.45, 2.75) is 182 Å². The lowest BCUT2D eigenvalue weighted by Gasteiger charge is -2.39. The Kier molecular flexibility index (Phi) is 24.7. The van der Waals surface area contributed by atoms with Gasteiger partial charge in [0.15, 0.2) is 11.6 Å². The van der Waals surface area contributed by atoms with E-state index in [1.54, 1.807) is 128 Å². The number of amides is 7. The number of likely N-dealkylation sites (tertiary alicyclic amines) is 3. The van der Waals surface area contributed by atoms with Gasteiger partial charge in [-0.1, -0.05) is 0 Å². The number of nitrogen functional groups attached to an aromatic ring is 2. The Morgan fingerprint density at radius 1 is 0.435 bits per heavy atom. The number of imide groups is 2. The van der Waals surface area contributed by atoms with E-state index in [1.807, 2.05) is 27.9 Å². The van der Waals surface area contributed by atoms with Crippen LogP contribution in [-0.2, 0) is 35.9 Å². The van der Waals surface area contributed by atoms with E-state index in [0.29, 0.717) is 79.9 Å². The highest BCUT2D eigenvalue weighted by Gasteiger charge is 2.49. The fraction of sp³-hybridized carbons (Fsp3) is 0.521. The van der Waals surface area contributed by atoms with Crippen LogP contribution in [-0.4, -0.2) is 183 Å². The number of hydrogen-bond acceptors (Lipinski definition) is 27. The van der Waals surface area contributed by atoms with E-state index in [4.69, 9.17) is 30.4 Å². The van der Waals surface area contributed by atoms with E-state index in [9.17, 15) is 47.9 Å². The third kappa shape index (κ3) is 19.0. The Hall–Kier alpha value is -10.2. The Balaban J connectivity index is 0.000000189. The molecule has 0 saturated carbocycles. The number of rotatable bonds is 6. The summed E-state index contributed by atoms with van der Waals surface area (Å²) in [5.74, 6) is 0.275. The lowest BCUT2D eigenvalue weighted by molar-refractivity contribution is 0.0406. The quantitative estimate of drug-likeness (QED) is 0.0774. The van der Waals surface area contributed by atoms with Crippen molar-refractivity contribution in [3.8, 4) is 0 Å². The van der Waals surface area contributed by atoms with Crippen molar-refractivity contribution < 1.29 is 52.5 Å². The summed E-state index contributed by atoms with van der Waals surface area (Å²) >= 11 is 3.30. The van der Waals surface area contributed by atoms with E-state index < -0.39 is 63.8 Å². The third-order valence-electron chi connectivity index (χ3n) is 17.8. The van der Waals surface area contributed by atoms with Crippen LogP contribution in [0.2, 0.25) is 0 Å². The van der Waals surface area contributed by atoms with Crippen LogP contribution in [0.15, 0.2) is 74.2 Å². The Labute approximate surface area is 639 Å². The van der Waals surface area contributed by atoms with Crippen LogP contribution >= 0.6 is 28.3 Å². The number of aromatic nitrogens is 9. The number of ether oxygens (including phenoxy) is 4. The third-order valence-corrected chi connectivity index (χ3v) is 18.4. The first-order valence-corrected chi connectivity index (χ1v) is 35.6. The number of nitrogens with zero attached hydrogens (tertiary/aromatic N) is 14. The minimum atomic E-state index is -0.978. The lowest BCUT2D eigenvalue weighted by atomic mass is 9.97. The van der Waals surface area contributed by atoms with Gasteiger partial charge in [-0.15, -0.1) is 12.4 Å². The largest absolute Gasteiger partial charge is 0.443 e. The van der Waals surface area contributed by atoms with Crippen molar-refractivity contribution in [1.82, 2.24) is 74.3 Å². The number of hydrogen-bond donors (Lipinski definition) is 7. The molecule has 6 aromatic rings. The van der Waals surface area contributed by atoms with E-state index in [-0.39, 0.29) is 75.8 Å². The molecule has 7 amide bonds. The molecule has 6 aromatic heterocycles. The van der Waals surface area contributed by atoms with Crippen LogP contribution in [0.1, 0.15) is 170 Å². The molecule has 3 spiro atoms. The maximum atomic E-state index is 13.8. The van der Waals surface area contributed by atoms with Crippen LogP contribution in [0.3, 0.4) is 0 Å². The van der Waals surface area contributed by atoms with Gasteiger partial charge in [-0.2, -0.15) is 9.80 Å². The molecule has 0 atom stereocenters. The van der Waals surface area contributed by atoms with E-state index in [2.05, 4.69) is 94.2 Å². The summed E-state index contributed by atoms with van der Waals surface area (Å²) in [7, 11) is 6.09. The van der Waals surface area contributed by atoms with Crippen LogP contribution in [0.5, 0.6) is 0 Å². The number of anilines is 8. The summed E-state index contributed by atoms with van der Waals surface area (Å²) in [6, 6.07) is 9.18. The first-order valence-electron chi connectivity index (χ1n) is 34.8. The van der Waals surface area contributed by atoms with Gasteiger partial charge in [0.1, 0.15) is 110 Å². The average Bonchev–Trinajstić information content (AvgIpc) is 1.58. The molecule has 0 aliphatic carbocycles. The molecule has 0 radical (unpaired) electrons. The highest BCUT2D eigenvalue weighted by molar-refractivity contribution is 9.10. The van der Waals surface area contributed by atoms with Gasteiger partial charge in [0.2, 0.25) is 0 Å². The number of carbonyl (C=O) groups is 7. The molecule has 0 bridgehead atoms. The maximum absolute atomic E-state index is 13.8. The second-order valence-electron chi connectivity index (χ2n) is 31.2. The molecule has 3 fully saturated rings. The second kappa shape index (κ2) is 31.9. The van der Waals surface area contributed by atoms with Gasteiger partial charge in [-0.25, -0.2) is 49.1 Å². The van der Waals surface area contributed by atoms with E-state index in [0.717, 1.165) is 75.9 Å². The molecule has 6 aliphatic heterocycles.